The molecule has 5 heteroatoms. The van der Waals surface area contributed by atoms with E-state index in [-0.39, 0.29) is 12.5 Å². The van der Waals surface area contributed by atoms with E-state index in [0.717, 1.165) is 5.69 Å². The number of carbonyl (C=O) groups is 1. The molecule has 0 aromatic carbocycles. The van der Waals surface area contributed by atoms with E-state index < -0.39 is 5.97 Å². The van der Waals surface area contributed by atoms with Crippen molar-refractivity contribution in [1.82, 2.24) is 15.1 Å². The number of carboxylic acid groups (broad SMARTS) is 1. The van der Waals surface area contributed by atoms with Gasteiger partial charge in [0.05, 0.1) is 18.2 Å². The van der Waals surface area contributed by atoms with Crippen molar-refractivity contribution in [2.75, 3.05) is 7.05 Å². The zero-order valence-corrected chi connectivity index (χ0v) is 7.69. The summed E-state index contributed by atoms with van der Waals surface area (Å²) in [6, 6.07) is 1.63. The molecule has 0 saturated heterocycles. The van der Waals surface area contributed by atoms with E-state index in [0.29, 0.717) is 0 Å². The molecule has 0 fully saturated rings. The molecular weight excluding hydrogens is 170 g/mol. The van der Waals surface area contributed by atoms with Gasteiger partial charge >= 0.3 is 5.97 Å². The predicted molar refractivity (Wildman–Crippen MR) is 47.3 cm³/mol. The lowest BCUT2D eigenvalue weighted by molar-refractivity contribution is -0.137. The molecule has 0 spiro atoms. The van der Waals surface area contributed by atoms with Gasteiger partial charge in [-0.25, -0.2) is 0 Å². The minimum absolute atomic E-state index is 0.0655. The molecule has 1 unspecified atom stereocenters. The normalized spacial score (nSPS) is 12.8. The first-order chi connectivity index (χ1) is 6.15. The average molecular weight is 183 g/mol. The van der Waals surface area contributed by atoms with Gasteiger partial charge in [-0.05, 0) is 13.1 Å². The number of hydrogen-bond donors (Lipinski definition) is 2. The molecule has 0 bridgehead atoms. The van der Waals surface area contributed by atoms with Crippen molar-refractivity contribution in [3.8, 4) is 0 Å². The Bertz CT molecular complexity index is 295. The molecule has 2 N–H and O–H groups in total. The Balaban J connectivity index is 2.78. The standard InChI is InChI=1S/C8H13N3O2/c1-9-6(5-8(12)13)7-3-4-10-11(7)2/h3-4,6,9H,5H2,1-2H3,(H,12,13). The second kappa shape index (κ2) is 4.04. The molecule has 0 aliphatic heterocycles. The van der Waals surface area contributed by atoms with Gasteiger partial charge in [0.1, 0.15) is 0 Å². The van der Waals surface area contributed by atoms with Gasteiger partial charge in [0, 0.05) is 13.2 Å². The van der Waals surface area contributed by atoms with Gasteiger partial charge in [0.2, 0.25) is 0 Å². The molecule has 1 atom stereocenters. The summed E-state index contributed by atoms with van der Waals surface area (Å²) in [5.74, 6) is -0.819. The number of aliphatic carboxylic acids is 1. The third-order valence-electron chi connectivity index (χ3n) is 1.94. The summed E-state index contributed by atoms with van der Waals surface area (Å²) >= 11 is 0. The van der Waals surface area contributed by atoms with Crippen molar-refractivity contribution < 1.29 is 9.90 Å². The minimum atomic E-state index is -0.819. The number of aromatic nitrogens is 2. The van der Waals surface area contributed by atoms with Crippen LogP contribution in [0.15, 0.2) is 12.3 Å². The van der Waals surface area contributed by atoms with E-state index >= 15 is 0 Å². The lowest BCUT2D eigenvalue weighted by Crippen LogP contribution is -2.22. The number of aryl methyl sites for hydroxylation is 1. The molecule has 1 heterocycles. The van der Waals surface area contributed by atoms with Crippen molar-refractivity contribution in [3.05, 3.63) is 18.0 Å². The summed E-state index contributed by atoms with van der Waals surface area (Å²) in [5, 5.41) is 15.5. The van der Waals surface area contributed by atoms with Gasteiger partial charge in [-0.1, -0.05) is 0 Å². The summed E-state index contributed by atoms with van der Waals surface area (Å²) in [6.07, 6.45) is 1.72. The molecule has 1 rings (SSSR count). The van der Waals surface area contributed by atoms with Crippen LogP contribution in [-0.4, -0.2) is 27.9 Å². The monoisotopic (exact) mass is 183 g/mol. The maximum absolute atomic E-state index is 10.5. The number of nitrogens with one attached hydrogen (secondary N) is 1. The highest BCUT2D eigenvalue weighted by atomic mass is 16.4. The number of carboxylic acids is 1. The van der Waals surface area contributed by atoms with Crippen molar-refractivity contribution >= 4 is 5.97 Å². The maximum Gasteiger partial charge on any atom is 0.305 e. The molecule has 72 valence electrons. The van der Waals surface area contributed by atoms with Crippen molar-refractivity contribution in [3.63, 3.8) is 0 Å². The quantitative estimate of drug-likeness (QED) is 0.697. The first-order valence-electron chi connectivity index (χ1n) is 4.02. The second-order valence-electron chi connectivity index (χ2n) is 2.82. The fraction of sp³-hybridized carbons (Fsp3) is 0.500. The van der Waals surface area contributed by atoms with Gasteiger partial charge in [-0.2, -0.15) is 5.10 Å². The number of rotatable bonds is 4. The lowest BCUT2D eigenvalue weighted by atomic mass is 10.1. The topological polar surface area (TPSA) is 67.2 Å². The van der Waals surface area contributed by atoms with Crippen LogP contribution < -0.4 is 5.32 Å². The summed E-state index contributed by atoms with van der Waals surface area (Å²) in [7, 11) is 3.53. The second-order valence-corrected chi connectivity index (χ2v) is 2.82. The van der Waals surface area contributed by atoms with E-state index in [1.165, 1.54) is 0 Å². The van der Waals surface area contributed by atoms with Crippen LogP contribution in [0.3, 0.4) is 0 Å². The average Bonchev–Trinajstić information content (AvgIpc) is 2.47. The van der Waals surface area contributed by atoms with Crippen LogP contribution in [0.25, 0.3) is 0 Å². The molecule has 0 saturated carbocycles. The van der Waals surface area contributed by atoms with E-state index in [9.17, 15) is 4.79 Å². The smallest absolute Gasteiger partial charge is 0.305 e. The minimum Gasteiger partial charge on any atom is -0.481 e. The molecule has 0 aliphatic rings. The Morgan fingerprint density at radius 1 is 1.85 bits per heavy atom. The number of hydrogen-bond acceptors (Lipinski definition) is 3. The van der Waals surface area contributed by atoms with E-state index in [1.807, 2.05) is 6.07 Å². The Morgan fingerprint density at radius 2 is 2.54 bits per heavy atom. The zero-order chi connectivity index (χ0) is 9.84. The molecule has 13 heavy (non-hydrogen) atoms. The van der Waals surface area contributed by atoms with Crippen LogP contribution in [0.5, 0.6) is 0 Å². The van der Waals surface area contributed by atoms with Gasteiger partial charge in [-0.3, -0.25) is 9.48 Å². The fourth-order valence-electron chi connectivity index (χ4n) is 1.26. The van der Waals surface area contributed by atoms with Gasteiger partial charge in [0.15, 0.2) is 0 Å². The highest BCUT2D eigenvalue weighted by molar-refractivity contribution is 5.67. The maximum atomic E-state index is 10.5. The van der Waals surface area contributed by atoms with Crippen LogP contribution in [0.2, 0.25) is 0 Å². The molecular formula is C8H13N3O2. The first kappa shape index (κ1) is 9.73. The van der Waals surface area contributed by atoms with Crippen LogP contribution >= 0.6 is 0 Å². The number of nitrogens with zero attached hydrogens (tertiary/aromatic N) is 2. The Kier molecular flexibility index (Phi) is 3.02. The van der Waals surface area contributed by atoms with Crippen LogP contribution in [0, 0.1) is 0 Å². The Hall–Kier alpha value is -1.36. The highest BCUT2D eigenvalue weighted by Gasteiger charge is 2.15. The summed E-state index contributed by atoms with van der Waals surface area (Å²) in [5.41, 5.74) is 0.880. The van der Waals surface area contributed by atoms with Gasteiger partial charge in [-0.15, -0.1) is 0 Å². The molecule has 1 aromatic rings. The SMILES string of the molecule is CNC(CC(=O)O)c1ccnn1C. The summed E-state index contributed by atoms with van der Waals surface area (Å²) in [6.45, 7) is 0. The highest BCUT2D eigenvalue weighted by Crippen LogP contribution is 2.14. The molecule has 0 amide bonds. The fourth-order valence-corrected chi connectivity index (χ4v) is 1.26. The predicted octanol–water partition coefficient (Wildman–Crippen LogP) is 0.155. The molecule has 5 nitrogen and oxygen atoms in total. The van der Waals surface area contributed by atoms with E-state index in [2.05, 4.69) is 10.4 Å². The third kappa shape index (κ3) is 2.29. The van der Waals surface area contributed by atoms with Crippen LogP contribution in [0.4, 0.5) is 0 Å². The van der Waals surface area contributed by atoms with Crippen molar-refractivity contribution in [2.45, 2.75) is 12.5 Å². The van der Waals surface area contributed by atoms with Crippen molar-refractivity contribution in [1.29, 1.82) is 0 Å². The Morgan fingerprint density at radius 3 is 2.92 bits per heavy atom. The summed E-state index contributed by atoms with van der Waals surface area (Å²) < 4.78 is 1.67. The molecule has 1 aromatic heterocycles. The molecule has 0 aliphatic carbocycles. The lowest BCUT2D eigenvalue weighted by Gasteiger charge is -2.13. The molecule has 0 radical (unpaired) electrons. The third-order valence-corrected chi connectivity index (χ3v) is 1.94. The van der Waals surface area contributed by atoms with Crippen LogP contribution in [0.1, 0.15) is 18.2 Å². The zero-order valence-electron chi connectivity index (χ0n) is 7.69. The van der Waals surface area contributed by atoms with Crippen molar-refractivity contribution in [2.24, 2.45) is 7.05 Å². The Labute approximate surface area is 76.4 Å². The van der Waals surface area contributed by atoms with Gasteiger partial charge in [0.25, 0.3) is 0 Å². The van der Waals surface area contributed by atoms with E-state index in [4.69, 9.17) is 5.11 Å². The summed E-state index contributed by atoms with van der Waals surface area (Å²) in [4.78, 5) is 10.5. The van der Waals surface area contributed by atoms with Crippen LogP contribution in [-0.2, 0) is 11.8 Å². The van der Waals surface area contributed by atoms with E-state index in [1.54, 1.807) is 25.0 Å². The first-order valence-corrected chi connectivity index (χ1v) is 4.02. The largest absolute Gasteiger partial charge is 0.481 e. The van der Waals surface area contributed by atoms with Gasteiger partial charge < -0.3 is 10.4 Å².